The average molecular weight is 310 g/mol. The first kappa shape index (κ1) is 15.5. The van der Waals surface area contributed by atoms with Crippen molar-refractivity contribution >= 4 is 17.4 Å². The second kappa shape index (κ2) is 6.77. The van der Waals surface area contributed by atoms with Crippen LogP contribution in [0.4, 0.5) is 11.5 Å². The number of hydrogen-bond acceptors (Lipinski definition) is 4. The van der Waals surface area contributed by atoms with Crippen LogP contribution in [0.5, 0.6) is 0 Å². The smallest absolute Gasteiger partial charge is 0.271 e. The fourth-order valence-electron chi connectivity index (χ4n) is 2.93. The van der Waals surface area contributed by atoms with Crippen LogP contribution in [-0.2, 0) is 0 Å². The van der Waals surface area contributed by atoms with Gasteiger partial charge in [0.05, 0.1) is 12.4 Å². The minimum atomic E-state index is -0.137. The minimum Gasteiger partial charge on any atom is -0.348 e. The summed E-state index contributed by atoms with van der Waals surface area (Å²) in [6.07, 6.45) is 7.63. The summed E-state index contributed by atoms with van der Waals surface area (Å²) < 4.78 is 0. The maximum Gasteiger partial charge on any atom is 0.271 e. The highest BCUT2D eigenvalue weighted by atomic mass is 16.1. The minimum absolute atomic E-state index is 0.137. The molecule has 1 amide bonds. The number of amides is 1. The van der Waals surface area contributed by atoms with Crippen molar-refractivity contribution in [3.63, 3.8) is 0 Å². The monoisotopic (exact) mass is 310 g/mol. The quantitative estimate of drug-likeness (QED) is 0.907. The van der Waals surface area contributed by atoms with Gasteiger partial charge >= 0.3 is 0 Å². The Hall–Kier alpha value is -2.43. The molecule has 0 saturated heterocycles. The van der Waals surface area contributed by atoms with Gasteiger partial charge in [0.15, 0.2) is 0 Å². The van der Waals surface area contributed by atoms with Gasteiger partial charge in [0.25, 0.3) is 5.91 Å². The van der Waals surface area contributed by atoms with Gasteiger partial charge in [-0.1, -0.05) is 30.5 Å². The van der Waals surface area contributed by atoms with Crippen LogP contribution in [0.2, 0.25) is 0 Å². The lowest BCUT2D eigenvalue weighted by Gasteiger charge is -2.12. The van der Waals surface area contributed by atoms with E-state index in [1.54, 1.807) is 6.20 Å². The average Bonchev–Trinajstić information content (AvgIpc) is 3.04. The van der Waals surface area contributed by atoms with Crippen molar-refractivity contribution in [2.75, 3.05) is 5.32 Å². The molecule has 5 heteroatoms. The van der Waals surface area contributed by atoms with Crippen LogP contribution < -0.4 is 10.6 Å². The van der Waals surface area contributed by atoms with Crippen LogP contribution in [0.25, 0.3) is 0 Å². The molecule has 1 aliphatic carbocycles. The standard InChI is InChI=1S/C18H22N4O/c1-12-7-8-15(13(2)9-12)22-17-11-19-16(10-20-17)18(23)21-14-5-3-4-6-14/h7-11,14H,3-6H2,1-2H3,(H,20,22)(H,21,23). The number of nitrogens with one attached hydrogen (secondary N) is 2. The molecule has 0 atom stereocenters. The Morgan fingerprint density at radius 1 is 1.13 bits per heavy atom. The van der Waals surface area contributed by atoms with Crippen LogP contribution in [0, 0.1) is 13.8 Å². The van der Waals surface area contributed by atoms with Crippen molar-refractivity contribution in [2.45, 2.75) is 45.6 Å². The molecule has 0 bridgehead atoms. The number of aromatic nitrogens is 2. The second-order valence-electron chi connectivity index (χ2n) is 6.19. The summed E-state index contributed by atoms with van der Waals surface area (Å²) in [5, 5.41) is 6.25. The number of anilines is 2. The molecular weight excluding hydrogens is 288 g/mol. The maximum absolute atomic E-state index is 12.1. The number of hydrogen-bond donors (Lipinski definition) is 2. The molecular formula is C18H22N4O. The van der Waals surface area contributed by atoms with Gasteiger partial charge in [-0.25, -0.2) is 9.97 Å². The molecule has 23 heavy (non-hydrogen) atoms. The first-order valence-electron chi connectivity index (χ1n) is 8.09. The molecule has 0 spiro atoms. The highest BCUT2D eigenvalue weighted by molar-refractivity contribution is 5.92. The zero-order chi connectivity index (χ0) is 16.2. The normalized spacial score (nSPS) is 14.7. The van der Waals surface area contributed by atoms with Gasteiger partial charge in [-0.3, -0.25) is 4.79 Å². The third kappa shape index (κ3) is 3.86. The second-order valence-corrected chi connectivity index (χ2v) is 6.19. The molecule has 1 heterocycles. The molecule has 1 aliphatic rings. The van der Waals surface area contributed by atoms with Crippen molar-refractivity contribution in [1.29, 1.82) is 0 Å². The van der Waals surface area contributed by atoms with Gasteiger partial charge in [-0.05, 0) is 38.3 Å². The maximum atomic E-state index is 12.1. The molecule has 0 unspecified atom stereocenters. The van der Waals surface area contributed by atoms with E-state index >= 15 is 0 Å². The molecule has 0 radical (unpaired) electrons. The lowest BCUT2D eigenvalue weighted by atomic mass is 10.1. The largest absolute Gasteiger partial charge is 0.348 e. The van der Waals surface area contributed by atoms with E-state index < -0.39 is 0 Å². The fourth-order valence-corrected chi connectivity index (χ4v) is 2.93. The summed E-state index contributed by atoms with van der Waals surface area (Å²) in [6.45, 7) is 4.11. The number of benzene rings is 1. The van der Waals surface area contributed by atoms with E-state index in [2.05, 4.69) is 33.6 Å². The molecule has 1 fully saturated rings. The molecule has 1 saturated carbocycles. The predicted molar refractivity (Wildman–Crippen MR) is 91.0 cm³/mol. The van der Waals surface area contributed by atoms with Crippen molar-refractivity contribution in [3.8, 4) is 0 Å². The Bertz CT molecular complexity index is 691. The first-order chi connectivity index (χ1) is 11.1. The van der Waals surface area contributed by atoms with Crippen LogP contribution in [0.3, 0.4) is 0 Å². The van der Waals surface area contributed by atoms with Gasteiger partial charge < -0.3 is 10.6 Å². The molecule has 120 valence electrons. The molecule has 5 nitrogen and oxygen atoms in total. The summed E-state index contributed by atoms with van der Waals surface area (Å²) in [5.74, 6) is 0.497. The first-order valence-corrected chi connectivity index (χ1v) is 8.09. The highest BCUT2D eigenvalue weighted by Gasteiger charge is 2.18. The zero-order valence-corrected chi connectivity index (χ0v) is 13.6. The van der Waals surface area contributed by atoms with Crippen LogP contribution in [0.15, 0.2) is 30.6 Å². The molecule has 1 aromatic carbocycles. The zero-order valence-electron chi connectivity index (χ0n) is 13.6. The van der Waals surface area contributed by atoms with Gasteiger partial charge in [-0.15, -0.1) is 0 Å². The third-order valence-electron chi connectivity index (χ3n) is 4.22. The Morgan fingerprint density at radius 2 is 1.91 bits per heavy atom. The van der Waals surface area contributed by atoms with E-state index in [0.717, 1.165) is 24.1 Å². The van der Waals surface area contributed by atoms with Gasteiger partial charge in [0.2, 0.25) is 0 Å². The van der Waals surface area contributed by atoms with Gasteiger partial charge in [0.1, 0.15) is 11.5 Å². The summed E-state index contributed by atoms with van der Waals surface area (Å²) in [6, 6.07) is 6.47. The lowest BCUT2D eigenvalue weighted by Crippen LogP contribution is -2.33. The van der Waals surface area contributed by atoms with Gasteiger partial charge in [0, 0.05) is 11.7 Å². The summed E-state index contributed by atoms with van der Waals surface area (Å²) in [7, 11) is 0. The van der Waals surface area contributed by atoms with E-state index in [4.69, 9.17) is 0 Å². The fraction of sp³-hybridized carbons (Fsp3) is 0.389. The Morgan fingerprint density at radius 3 is 2.57 bits per heavy atom. The van der Waals surface area contributed by atoms with Crippen molar-refractivity contribution in [3.05, 3.63) is 47.4 Å². The number of rotatable bonds is 4. The van der Waals surface area contributed by atoms with Crippen molar-refractivity contribution in [1.82, 2.24) is 15.3 Å². The number of carbonyl (C=O) groups is 1. The SMILES string of the molecule is Cc1ccc(Nc2cnc(C(=O)NC3CCCC3)cn2)c(C)c1. The third-order valence-corrected chi connectivity index (χ3v) is 4.22. The van der Waals surface area contributed by atoms with E-state index in [9.17, 15) is 4.79 Å². The number of carbonyl (C=O) groups excluding carboxylic acids is 1. The molecule has 2 N–H and O–H groups in total. The lowest BCUT2D eigenvalue weighted by molar-refractivity contribution is 0.0932. The molecule has 3 rings (SSSR count). The summed E-state index contributed by atoms with van der Waals surface area (Å²) >= 11 is 0. The van der Waals surface area contributed by atoms with Gasteiger partial charge in [-0.2, -0.15) is 0 Å². The Kier molecular flexibility index (Phi) is 4.55. The highest BCUT2D eigenvalue weighted by Crippen LogP contribution is 2.20. The number of aryl methyl sites for hydroxylation is 2. The Labute approximate surface area is 136 Å². The van der Waals surface area contributed by atoms with Crippen LogP contribution in [0.1, 0.15) is 47.3 Å². The number of nitrogens with zero attached hydrogens (tertiary/aromatic N) is 2. The van der Waals surface area contributed by atoms with Crippen molar-refractivity contribution < 1.29 is 4.79 Å². The topological polar surface area (TPSA) is 66.9 Å². The van der Waals surface area contributed by atoms with E-state index in [0.29, 0.717) is 11.5 Å². The van der Waals surface area contributed by atoms with Crippen molar-refractivity contribution in [2.24, 2.45) is 0 Å². The predicted octanol–water partition coefficient (Wildman–Crippen LogP) is 3.51. The van der Waals surface area contributed by atoms with E-state index in [1.165, 1.54) is 24.6 Å². The van der Waals surface area contributed by atoms with Crippen LogP contribution in [-0.4, -0.2) is 21.9 Å². The van der Waals surface area contributed by atoms with E-state index in [-0.39, 0.29) is 11.9 Å². The summed E-state index contributed by atoms with van der Waals surface area (Å²) in [5.41, 5.74) is 3.73. The molecule has 1 aromatic heterocycles. The Balaban J connectivity index is 1.65. The molecule has 0 aliphatic heterocycles. The van der Waals surface area contributed by atoms with Crippen LogP contribution >= 0.6 is 0 Å². The summed E-state index contributed by atoms with van der Waals surface area (Å²) in [4.78, 5) is 20.7. The molecule has 2 aromatic rings. The van der Waals surface area contributed by atoms with E-state index in [1.807, 2.05) is 19.1 Å².